The second-order valence-corrected chi connectivity index (χ2v) is 11.0. The lowest BCUT2D eigenvalue weighted by molar-refractivity contribution is 0.666. The SMILES string of the molecule is CC1(C)c2ccccc2-c2c(-c3ccc4ccc5ccc(-c6ccccc6)nc5c4n3)cc3ccccc3c21. The Morgan fingerprint density at radius 3 is 1.92 bits per heavy atom. The molecule has 0 aliphatic heterocycles. The minimum Gasteiger partial charge on any atom is -0.245 e. The molecule has 0 saturated heterocycles. The van der Waals surface area contributed by atoms with Crippen molar-refractivity contribution in [3.63, 3.8) is 0 Å². The molecule has 0 radical (unpaired) electrons. The van der Waals surface area contributed by atoms with Crippen molar-refractivity contribution in [3.8, 4) is 33.6 Å². The summed E-state index contributed by atoms with van der Waals surface area (Å²) in [6, 6.07) is 43.2. The molecule has 7 aromatic rings. The van der Waals surface area contributed by atoms with Crippen molar-refractivity contribution >= 4 is 32.6 Å². The Morgan fingerprint density at radius 1 is 0.513 bits per heavy atom. The van der Waals surface area contributed by atoms with Crippen LogP contribution in [0.1, 0.15) is 25.0 Å². The molecule has 1 aliphatic carbocycles. The molecular weight excluding hydrogens is 472 g/mol. The van der Waals surface area contributed by atoms with E-state index < -0.39 is 0 Å². The number of hydrogen-bond donors (Lipinski definition) is 0. The third-order valence-electron chi connectivity index (χ3n) is 8.41. The standard InChI is InChI=1S/C37H26N2/c1-37(2)30-15-9-8-14-28(30)33-29(22-26-12-6-7-13-27(26)34(33)37)32-21-19-25-17-16-24-18-20-31(23-10-4-3-5-11-23)38-35(24)36(25)39-32/h3-22H,1-2H3. The van der Waals surface area contributed by atoms with Crippen LogP contribution in [0.15, 0.2) is 121 Å². The lowest BCUT2D eigenvalue weighted by Crippen LogP contribution is -2.15. The number of rotatable bonds is 2. The molecule has 0 bridgehead atoms. The van der Waals surface area contributed by atoms with E-state index in [1.54, 1.807) is 0 Å². The van der Waals surface area contributed by atoms with E-state index in [0.717, 1.165) is 38.8 Å². The maximum absolute atomic E-state index is 5.35. The van der Waals surface area contributed by atoms with Crippen LogP contribution in [0.25, 0.3) is 66.2 Å². The van der Waals surface area contributed by atoms with Crippen LogP contribution < -0.4 is 0 Å². The van der Waals surface area contributed by atoms with E-state index in [-0.39, 0.29) is 5.41 Å². The molecule has 39 heavy (non-hydrogen) atoms. The average molecular weight is 499 g/mol. The molecule has 2 nitrogen and oxygen atoms in total. The molecule has 2 heteroatoms. The first kappa shape index (κ1) is 22.2. The molecule has 0 spiro atoms. The lowest BCUT2D eigenvalue weighted by Gasteiger charge is -2.24. The Morgan fingerprint density at radius 2 is 1.13 bits per heavy atom. The van der Waals surface area contributed by atoms with Crippen LogP contribution in [-0.4, -0.2) is 9.97 Å². The average Bonchev–Trinajstić information content (AvgIpc) is 3.24. The van der Waals surface area contributed by atoms with E-state index in [0.29, 0.717) is 0 Å². The number of nitrogens with zero attached hydrogens (tertiary/aromatic N) is 2. The fourth-order valence-electron chi connectivity index (χ4n) is 6.55. The summed E-state index contributed by atoms with van der Waals surface area (Å²) in [5, 5.41) is 4.76. The first-order chi connectivity index (χ1) is 19.1. The molecule has 0 unspecified atom stereocenters. The van der Waals surface area contributed by atoms with Crippen LogP contribution in [0.2, 0.25) is 0 Å². The van der Waals surface area contributed by atoms with Crippen molar-refractivity contribution in [3.05, 3.63) is 132 Å². The lowest BCUT2D eigenvalue weighted by atomic mass is 9.79. The maximum atomic E-state index is 5.35. The molecule has 0 atom stereocenters. The molecule has 0 saturated carbocycles. The predicted octanol–water partition coefficient (Wildman–Crippen LogP) is 9.58. The Labute approximate surface area is 227 Å². The fraction of sp³-hybridized carbons (Fsp3) is 0.0811. The molecule has 0 fully saturated rings. The van der Waals surface area contributed by atoms with Crippen LogP contribution >= 0.6 is 0 Å². The minimum atomic E-state index is -0.1000. The van der Waals surface area contributed by atoms with Gasteiger partial charge in [-0.3, -0.25) is 0 Å². The van der Waals surface area contributed by atoms with Crippen LogP contribution in [-0.2, 0) is 5.41 Å². The summed E-state index contributed by atoms with van der Waals surface area (Å²) in [5.74, 6) is 0. The molecule has 2 aromatic heterocycles. The van der Waals surface area contributed by atoms with Gasteiger partial charge in [0.2, 0.25) is 0 Å². The van der Waals surface area contributed by atoms with E-state index in [1.165, 1.54) is 38.6 Å². The third-order valence-corrected chi connectivity index (χ3v) is 8.41. The molecule has 1 aliphatic rings. The number of benzene rings is 5. The third kappa shape index (κ3) is 3.21. The second-order valence-electron chi connectivity index (χ2n) is 11.0. The van der Waals surface area contributed by atoms with Crippen molar-refractivity contribution in [2.24, 2.45) is 0 Å². The summed E-state index contributed by atoms with van der Waals surface area (Å²) in [5.41, 5.74) is 11.4. The first-order valence-electron chi connectivity index (χ1n) is 13.5. The molecule has 8 rings (SSSR count). The van der Waals surface area contributed by atoms with E-state index in [4.69, 9.17) is 9.97 Å². The maximum Gasteiger partial charge on any atom is 0.0972 e. The summed E-state index contributed by atoms with van der Waals surface area (Å²) >= 11 is 0. The van der Waals surface area contributed by atoms with Crippen molar-refractivity contribution in [2.45, 2.75) is 19.3 Å². The summed E-state index contributed by atoms with van der Waals surface area (Å²) in [4.78, 5) is 10.5. The Kier molecular flexibility index (Phi) is 4.60. The second kappa shape index (κ2) is 8.09. The monoisotopic (exact) mass is 498 g/mol. The van der Waals surface area contributed by atoms with E-state index in [2.05, 4.69) is 129 Å². The molecule has 0 amide bonds. The Balaban J connectivity index is 1.44. The van der Waals surface area contributed by atoms with Gasteiger partial charge in [0, 0.05) is 27.3 Å². The smallest absolute Gasteiger partial charge is 0.0972 e. The minimum absolute atomic E-state index is 0.1000. The van der Waals surface area contributed by atoms with Gasteiger partial charge in [0.15, 0.2) is 0 Å². The first-order valence-corrected chi connectivity index (χ1v) is 13.5. The van der Waals surface area contributed by atoms with Gasteiger partial charge in [-0.1, -0.05) is 117 Å². The van der Waals surface area contributed by atoms with Gasteiger partial charge in [0.1, 0.15) is 0 Å². The van der Waals surface area contributed by atoms with Gasteiger partial charge in [-0.2, -0.15) is 0 Å². The van der Waals surface area contributed by atoms with Crippen molar-refractivity contribution in [2.75, 3.05) is 0 Å². The molecule has 5 aromatic carbocycles. The number of aromatic nitrogens is 2. The van der Waals surface area contributed by atoms with Crippen molar-refractivity contribution in [1.29, 1.82) is 0 Å². The van der Waals surface area contributed by atoms with Gasteiger partial charge in [-0.15, -0.1) is 0 Å². The Bertz CT molecular complexity index is 2090. The van der Waals surface area contributed by atoms with E-state index >= 15 is 0 Å². The molecule has 184 valence electrons. The zero-order valence-corrected chi connectivity index (χ0v) is 21.9. The van der Waals surface area contributed by atoms with Gasteiger partial charge < -0.3 is 0 Å². The quantitative estimate of drug-likeness (QED) is 0.222. The zero-order chi connectivity index (χ0) is 26.1. The Hall–Kier alpha value is -4.82. The molecule has 0 N–H and O–H groups in total. The summed E-state index contributed by atoms with van der Waals surface area (Å²) < 4.78 is 0. The molecular formula is C37H26N2. The van der Waals surface area contributed by atoms with Crippen LogP contribution in [0.4, 0.5) is 0 Å². The van der Waals surface area contributed by atoms with E-state index in [9.17, 15) is 0 Å². The van der Waals surface area contributed by atoms with Crippen molar-refractivity contribution in [1.82, 2.24) is 9.97 Å². The summed E-state index contributed by atoms with van der Waals surface area (Å²) in [6.07, 6.45) is 0. The number of fused-ring (bicyclic) bond motifs is 8. The van der Waals surface area contributed by atoms with E-state index in [1.807, 2.05) is 6.07 Å². The zero-order valence-electron chi connectivity index (χ0n) is 21.9. The van der Waals surface area contributed by atoms with Gasteiger partial charge in [-0.25, -0.2) is 9.97 Å². The van der Waals surface area contributed by atoms with Gasteiger partial charge in [-0.05, 0) is 51.2 Å². The predicted molar refractivity (Wildman–Crippen MR) is 163 cm³/mol. The van der Waals surface area contributed by atoms with Crippen LogP contribution in [0, 0.1) is 0 Å². The highest BCUT2D eigenvalue weighted by atomic mass is 14.8. The fourth-order valence-corrected chi connectivity index (χ4v) is 6.55. The normalized spacial score (nSPS) is 13.6. The van der Waals surface area contributed by atoms with Crippen LogP contribution in [0.3, 0.4) is 0 Å². The van der Waals surface area contributed by atoms with Gasteiger partial charge in [0.25, 0.3) is 0 Å². The number of pyridine rings is 2. The largest absolute Gasteiger partial charge is 0.245 e. The number of hydrogen-bond acceptors (Lipinski definition) is 2. The topological polar surface area (TPSA) is 25.8 Å². The van der Waals surface area contributed by atoms with Crippen molar-refractivity contribution < 1.29 is 0 Å². The highest BCUT2D eigenvalue weighted by molar-refractivity contribution is 6.07. The highest BCUT2D eigenvalue weighted by Gasteiger charge is 2.38. The van der Waals surface area contributed by atoms with Gasteiger partial charge >= 0.3 is 0 Å². The summed E-state index contributed by atoms with van der Waals surface area (Å²) in [6.45, 7) is 4.70. The summed E-state index contributed by atoms with van der Waals surface area (Å²) in [7, 11) is 0. The van der Waals surface area contributed by atoms with Gasteiger partial charge in [0.05, 0.1) is 22.4 Å². The van der Waals surface area contributed by atoms with Crippen LogP contribution in [0.5, 0.6) is 0 Å². The highest BCUT2D eigenvalue weighted by Crippen LogP contribution is 2.54. The molecule has 2 heterocycles.